The Morgan fingerprint density at radius 1 is 0.964 bits per heavy atom. The molecule has 0 N–H and O–H groups in total. The van der Waals surface area contributed by atoms with Gasteiger partial charge in [-0.15, -0.1) is 0 Å². The van der Waals surface area contributed by atoms with Crippen molar-refractivity contribution < 1.29 is 39.5 Å². The highest BCUT2D eigenvalue weighted by atomic mass is 32.2. The molecule has 0 atom stereocenters. The normalized spacial score (nSPS) is 16.6. The van der Waals surface area contributed by atoms with Crippen LogP contribution in [0.4, 0.5) is 26.3 Å². The molecule has 0 amide bonds. The molecule has 0 spiro atoms. The fourth-order valence-electron chi connectivity index (χ4n) is 2.44. The van der Waals surface area contributed by atoms with Gasteiger partial charge in [0, 0.05) is 12.3 Å². The highest BCUT2D eigenvalue weighted by Crippen LogP contribution is 2.33. The first kappa shape index (κ1) is 20.4. The SMILES string of the molecule is O=S(=O)(c1cccc(C(F)(F)F)c1)N1CC(Oc2ccc(C(F)(F)F)cn2)C1. The molecule has 12 heteroatoms. The minimum absolute atomic E-state index is 0.117. The second kappa shape index (κ2) is 6.92. The van der Waals surface area contributed by atoms with Crippen molar-refractivity contribution in [3.05, 3.63) is 53.7 Å². The van der Waals surface area contributed by atoms with Gasteiger partial charge in [0.15, 0.2) is 0 Å². The van der Waals surface area contributed by atoms with Crippen molar-refractivity contribution in [2.24, 2.45) is 0 Å². The Labute approximate surface area is 155 Å². The number of aromatic nitrogens is 1. The van der Waals surface area contributed by atoms with E-state index in [4.69, 9.17) is 4.74 Å². The molecular formula is C16H12F6N2O3S. The van der Waals surface area contributed by atoms with Gasteiger partial charge in [-0.3, -0.25) is 0 Å². The average Bonchev–Trinajstić information content (AvgIpc) is 2.56. The van der Waals surface area contributed by atoms with Crippen molar-refractivity contribution in [2.75, 3.05) is 13.1 Å². The first-order valence-corrected chi connectivity index (χ1v) is 9.19. The molecule has 0 aliphatic carbocycles. The van der Waals surface area contributed by atoms with E-state index in [1.807, 2.05) is 0 Å². The fraction of sp³-hybridized carbons (Fsp3) is 0.312. The largest absolute Gasteiger partial charge is 0.472 e. The van der Waals surface area contributed by atoms with E-state index in [0.717, 1.165) is 34.6 Å². The summed E-state index contributed by atoms with van der Waals surface area (Å²) < 4.78 is 107. The first-order chi connectivity index (χ1) is 12.9. The maximum atomic E-state index is 12.8. The molecule has 3 rings (SSSR count). The molecule has 1 aromatic heterocycles. The Morgan fingerprint density at radius 3 is 2.14 bits per heavy atom. The maximum absolute atomic E-state index is 12.8. The summed E-state index contributed by atoms with van der Waals surface area (Å²) >= 11 is 0. The van der Waals surface area contributed by atoms with Crippen LogP contribution in [0.2, 0.25) is 0 Å². The minimum atomic E-state index is -4.68. The van der Waals surface area contributed by atoms with Crippen molar-refractivity contribution >= 4 is 10.0 Å². The monoisotopic (exact) mass is 426 g/mol. The van der Waals surface area contributed by atoms with E-state index in [-0.39, 0.29) is 19.0 Å². The number of rotatable bonds is 4. The first-order valence-electron chi connectivity index (χ1n) is 7.75. The van der Waals surface area contributed by atoms with Crippen LogP contribution in [0, 0.1) is 0 Å². The van der Waals surface area contributed by atoms with Crippen LogP contribution in [0.15, 0.2) is 47.5 Å². The number of halogens is 6. The van der Waals surface area contributed by atoms with Crippen molar-refractivity contribution in [1.82, 2.24) is 9.29 Å². The molecule has 0 bridgehead atoms. The van der Waals surface area contributed by atoms with E-state index in [1.165, 1.54) is 0 Å². The van der Waals surface area contributed by atoms with Gasteiger partial charge in [0.25, 0.3) is 0 Å². The van der Waals surface area contributed by atoms with E-state index in [9.17, 15) is 34.8 Å². The van der Waals surface area contributed by atoms with E-state index in [2.05, 4.69) is 4.98 Å². The summed E-state index contributed by atoms with van der Waals surface area (Å²) in [7, 11) is -4.15. The van der Waals surface area contributed by atoms with Gasteiger partial charge in [-0.05, 0) is 24.3 Å². The lowest BCUT2D eigenvalue weighted by molar-refractivity contribution is -0.138. The lowest BCUT2D eigenvalue weighted by Crippen LogP contribution is -2.56. The van der Waals surface area contributed by atoms with Crippen molar-refractivity contribution in [3.8, 4) is 5.88 Å². The molecule has 0 radical (unpaired) electrons. The second-order valence-electron chi connectivity index (χ2n) is 5.97. The predicted octanol–water partition coefficient (Wildman–Crippen LogP) is 3.57. The van der Waals surface area contributed by atoms with E-state index in [0.29, 0.717) is 12.3 Å². The minimum Gasteiger partial charge on any atom is -0.472 e. The molecule has 2 heterocycles. The lowest BCUT2D eigenvalue weighted by Gasteiger charge is -2.37. The van der Waals surface area contributed by atoms with Crippen LogP contribution in [0.3, 0.4) is 0 Å². The van der Waals surface area contributed by atoms with Gasteiger partial charge in [-0.2, -0.15) is 30.6 Å². The molecular weight excluding hydrogens is 414 g/mol. The summed E-state index contributed by atoms with van der Waals surface area (Å²) in [6, 6.07) is 5.13. The van der Waals surface area contributed by atoms with Gasteiger partial charge in [0.1, 0.15) is 6.10 Å². The van der Waals surface area contributed by atoms with Gasteiger partial charge in [0.05, 0.1) is 29.1 Å². The molecule has 152 valence electrons. The van der Waals surface area contributed by atoms with Crippen LogP contribution in [-0.2, 0) is 22.4 Å². The summed E-state index contributed by atoms with van der Waals surface area (Å²) in [5.41, 5.74) is -2.04. The Kier molecular flexibility index (Phi) is 5.04. The number of nitrogens with zero attached hydrogens (tertiary/aromatic N) is 2. The topological polar surface area (TPSA) is 59.5 Å². The van der Waals surface area contributed by atoms with Crippen LogP contribution in [0.25, 0.3) is 0 Å². The molecule has 1 fully saturated rings. The van der Waals surface area contributed by atoms with Gasteiger partial charge < -0.3 is 4.74 Å². The van der Waals surface area contributed by atoms with Crippen LogP contribution in [0.5, 0.6) is 5.88 Å². The molecule has 2 aromatic rings. The Hall–Kier alpha value is -2.34. The highest BCUT2D eigenvalue weighted by Gasteiger charge is 2.40. The van der Waals surface area contributed by atoms with Crippen LogP contribution in [0.1, 0.15) is 11.1 Å². The van der Waals surface area contributed by atoms with Crippen molar-refractivity contribution in [3.63, 3.8) is 0 Å². The maximum Gasteiger partial charge on any atom is 0.417 e. The fourth-order valence-corrected chi connectivity index (χ4v) is 3.99. The summed E-state index contributed by atoms with van der Waals surface area (Å²) in [6.07, 6.45) is -9.31. The lowest BCUT2D eigenvalue weighted by atomic mass is 10.2. The third-order valence-corrected chi connectivity index (χ3v) is 5.79. The average molecular weight is 426 g/mol. The number of benzene rings is 1. The second-order valence-corrected chi connectivity index (χ2v) is 7.91. The van der Waals surface area contributed by atoms with Crippen LogP contribution >= 0.6 is 0 Å². The Bertz CT molecular complexity index is 952. The number of hydrogen-bond acceptors (Lipinski definition) is 4. The zero-order valence-electron chi connectivity index (χ0n) is 13.8. The van der Waals surface area contributed by atoms with Crippen LogP contribution < -0.4 is 4.74 Å². The summed E-state index contributed by atoms with van der Waals surface area (Å²) in [5, 5.41) is 0. The highest BCUT2D eigenvalue weighted by molar-refractivity contribution is 7.89. The molecule has 1 aliphatic heterocycles. The summed E-state index contributed by atoms with van der Waals surface area (Å²) in [5.74, 6) is -0.117. The quantitative estimate of drug-likeness (QED) is 0.702. The number of pyridine rings is 1. The number of alkyl halides is 6. The molecule has 1 aliphatic rings. The summed E-state index contributed by atoms with van der Waals surface area (Å²) in [4.78, 5) is 3.01. The smallest absolute Gasteiger partial charge is 0.417 e. The van der Waals surface area contributed by atoms with Gasteiger partial charge in [-0.1, -0.05) is 6.07 Å². The third kappa shape index (κ3) is 4.22. The predicted molar refractivity (Wildman–Crippen MR) is 83.9 cm³/mol. The zero-order chi connectivity index (χ0) is 20.7. The Balaban J connectivity index is 1.64. The van der Waals surface area contributed by atoms with E-state index in [1.54, 1.807) is 0 Å². The number of ether oxygens (including phenoxy) is 1. The Morgan fingerprint density at radius 2 is 1.61 bits per heavy atom. The van der Waals surface area contributed by atoms with E-state index >= 15 is 0 Å². The van der Waals surface area contributed by atoms with Gasteiger partial charge in [0.2, 0.25) is 15.9 Å². The third-order valence-electron chi connectivity index (χ3n) is 3.96. The van der Waals surface area contributed by atoms with Crippen LogP contribution in [-0.4, -0.2) is 36.9 Å². The molecule has 28 heavy (non-hydrogen) atoms. The van der Waals surface area contributed by atoms with Crippen molar-refractivity contribution in [2.45, 2.75) is 23.4 Å². The van der Waals surface area contributed by atoms with Gasteiger partial charge >= 0.3 is 12.4 Å². The molecule has 1 aromatic carbocycles. The number of hydrogen-bond donors (Lipinski definition) is 0. The van der Waals surface area contributed by atoms with Crippen molar-refractivity contribution in [1.29, 1.82) is 0 Å². The zero-order valence-corrected chi connectivity index (χ0v) is 14.6. The molecule has 5 nitrogen and oxygen atoms in total. The standard InChI is InChI=1S/C16H12F6N2O3S/c17-15(18,19)10-2-1-3-13(6-10)28(25,26)24-8-12(9-24)27-14-5-4-11(7-23-14)16(20,21)22/h1-7,12H,8-9H2. The van der Waals surface area contributed by atoms with Gasteiger partial charge in [-0.25, -0.2) is 13.4 Å². The molecule has 0 saturated carbocycles. The molecule has 1 saturated heterocycles. The number of sulfonamides is 1. The molecule has 0 unspecified atom stereocenters. The van der Waals surface area contributed by atoms with E-state index < -0.39 is 44.5 Å². The summed E-state index contributed by atoms with van der Waals surface area (Å²) in [6.45, 7) is -0.331.